The van der Waals surface area contributed by atoms with Crippen LogP contribution in [0.4, 0.5) is 0 Å². The molecule has 0 heterocycles. The summed E-state index contributed by atoms with van der Waals surface area (Å²) in [6.07, 6.45) is 1.02. The molecule has 0 amide bonds. The van der Waals surface area contributed by atoms with Gasteiger partial charge in [0, 0.05) is 26.2 Å². The van der Waals surface area contributed by atoms with E-state index in [1.165, 1.54) is 14.9 Å². The van der Waals surface area contributed by atoms with E-state index in [4.69, 9.17) is 11.6 Å². The molecule has 0 bridgehead atoms. The van der Waals surface area contributed by atoms with E-state index in [1.54, 1.807) is 0 Å². The fraction of sp³-hybridized carbons (Fsp3) is 0.294. The van der Waals surface area contributed by atoms with Crippen molar-refractivity contribution < 1.29 is 0 Å². The topological polar surface area (TPSA) is 12.0 Å². The SMILES string of the molecule is CCNC(CSc1cccc(Cl)c1)Cc1ccccc1Br. The van der Waals surface area contributed by atoms with E-state index >= 15 is 0 Å². The van der Waals surface area contributed by atoms with Crippen LogP contribution in [0.2, 0.25) is 5.02 Å². The van der Waals surface area contributed by atoms with Crippen molar-refractivity contribution in [3.8, 4) is 0 Å². The summed E-state index contributed by atoms with van der Waals surface area (Å²) in [6, 6.07) is 16.9. The first-order chi connectivity index (χ1) is 10.2. The standard InChI is InChI=1S/C17H19BrClNS/c1-2-20-15(10-13-6-3-4-9-17(13)18)12-21-16-8-5-7-14(19)11-16/h3-9,11,15,20H,2,10,12H2,1H3. The molecule has 0 aliphatic rings. The normalized spacial score (nSPS) is 12.3. The molecule has 21 heavy (non-hydrogen) atoms. The Morgan fingerprint density at radius 2 is 2.00 bits per heavy atom. The predicted octanol–water partition coefficient (Wildman–Crippen LogP) is 5.42. The third-order valence-corrected chi connectivity index (χ3v) is 5.33. The molecule has 0 aromatic heterocycles. The van der Waals surface area contributed by atoms with Crippen molar-refractivity contribution in [3.05, 3.63) is 63.6 Å². The molecule has 1 N–H and O–H groups in total. The molecule has 2 aromatic rings. The molecule has 0 saturated heterocycles. The third kappa shape index (κ3) is 5.67. The summed E-state index contributed by atoms with van der Waals surface area (Å²) in [5.41, 5.74) is 1.34. The van der Waals surface area contributed by atoms with Crippen LogP contribution in [-0.2, 0) is 6.42 Å². The van der Waals surface area contributed by atoms with Gasteiger partial charge in [-0.15, -0.1) is 11.8 Å². The summed E-state index contributed by atoms with van der Waals surface area (Å²) in [7, 11) is 0. The molecule has 0 spiro atoms. The van der Waals surface area contributed by atoms with Gasteiger partial charge in [0.25, 0.3) is 0 Å². The van der Waals surface area contributed by atoms with Crippen molar-refractivity contribution in [3.63, 3.8) is 0 Å². The Labute approximate surface area is 144 Å². The lowest BCUT2D eigenvalue weighted by Crippen LogP contribution is -2.33. The number of thioether (sulfide) groups is 1. The Morgan fingerprint density at radius 3 is 2.71 bits per heavy atom. The Balaban J connectivity index is 1.97. The Kier molecular flexibility index (Phi) is 7.11. The highest BCUT2D eigenvalue weighted by Gasteiger charge is 2.11. The van der Waals surface area contributed by atoms with Crippen LogP contribution in [0, 0.1) is 0 Å². The molecule has 0 fully saturated rings. The van der Waals surface area contributed by atoms with Gasteiger partial charge in [0.05, 0.1) is 0 Å². The minimum absolute atomic E-state index is 0.442. The van der Waals surface area contributed by atoms with Crippen LogP contribution in [-0.4, -0.2) is 18.3 Å². The molecule has 112 valence electrons. The number of benzene rings is 2. The molecule has 0 saturated carbocycles. The molecule has 2 rings (SSSR count). The van der Waals surface area contributed by atoms with Crippen molar-refractivity contribution in [1.82, 2.24) is 5.32 Å². The zero-order valence-corrected chi connectivity index (χ0v) is 15.1. The van der Waals surface area contributed by atoms with Crippen LogP contribution in [0.1, 0.15) is 12.5 Å². The summed E-state index contributed by atoms with van der Waals surface area (Å²) in [4.78, 5) is 1.22. The third-order valence-electron chi connectivity index (χ3n) is 3.16. The number of hydrogen-bond donors (Lipinski definition) is 1. The minimum atomic E-state index is 0.442. The maximum absolute atomic E-state index is 6.04. The minimum Gasteiger partial charge on any atom is -0.313 e. The fourth-order valence-corrected chi connectivity index (χ4v) is 3.88. The molecule has 1 unspecified atom stereocenters. The van der Waals surface area contributed by atoms with Gasteiger partial charge in [-0.25, -0.2) is 0 Å². The smallest absolute Gasteiger partial charge is 0.0417 e. The lowest BCUT2D eigenvalue weighted by Gasteiger charge is -2.18. The number of nitrogens with one attached hydrogen (secondary N) is 1. The summed E-state index contributed by atoms with van der Waals surface area (Å²) in [6.45, 7) is 3.13. The van der Waals surface area contributed by atoms with Gasteiger partial charge in [-0.05, 0) is 42.8 Å². The van der Waals surface area contributed by atoms with Gasteiger partial charge in [0.1, 0.15) is 0 Å². The average molecular weight is 385 g/mol. The van der Waals surface area contributed by atoms with Crippen molar-refractivity contribution in [1.29, 1.82) is 0 Å². The van der Waals surface area contributed by atoms with E-state index in [2.05, 4.69) is 58.5 Å². The number of hydrogen-bond acceptors (Lipinski definition) is 2. The average Bonchev–Trinajstić information content (AvgIpc) is 2.47. The molecule has 2 aromatic carbocycles. The predicted molar refractivity (Wildman–Crippen MR) is 97.5 cm³/mol. The van der Waals surface area contributed by atoms with Crippen LogP contribution in [0.3, 0.4) is 0 Å². The number of likely N-dealkylation sites (N-methyl/N-ethyl adjacent to an activating group) is 1. The van der Waals surface area contributed by atoms with Crippen LogP contribution in [0.15, 0.2) is 57.9 Å². The van der Waals surface area contributed by atoms with E-state index < -0.39 is 0 Å². The maximum Gasteiger partial charge on any atom is 0.0417 e. The van der Waals surface area contributed by atoms with Gasteiger partial charge in [-0.2, -0.15) is 0 Å². The second-order valence-corrected chi connectivity index (χ2v) is 7.20. The monoisotopic (exact) mass is 383 g/mol. The largest absolute Gasteiger partial charge is 0.313 e. The molecule has 1 atom stereocenters. The van der Waals surface area contributed by atoms with Crippen molar-refractivity contribution >= 4 is 39.3 Å². The van der Waals surface area contributed by atoms with Gasteiger partial charge in [0.2, 0.25) is 0 Å². The molecule has 0 radical (unpaired) electrons. The first kappa shape index (κ1) is 16.9. The first-order valence-corrected chi connectivity index (χ1v) is 9.20. The van der Waals surface area contributed by atoms with Crippen LogP contribution < -0.4 is 5.32 Å². The van der Waals surface area contributed by atoms with Crippen molar-refractivity contribution in [2.45, 2.75) is 24.3 Å². The van der Waals surface area contributed by atoms with Gasteiger partial charge in [-0.3, -0.25) is 0 Å². The number of rotatable bonds is 7. The van der Waals surface area contributed by atoms with E-state index in [1.807, 2.05) is 30.0 Å². The van der Waals surface area contributed by atoms with E-state index in [0.717, 1.165) is 23.7 Å². The van der Waals surface area contributed by atoms with Crippen molar-refractivity contribution in [2.24, 2.45) is 0 Å². The van der Waals surface area contributed by atoms with E-state index in [-0.39, 0.29) is 0 Å². The zero-order chi connectivity index (χ0) is 15.1. The highest BCUT2D eigenvalue weighted by Crippen LogP contribution is 2.24. The zero-order valence-electron chi connectivity index (χ0n) is 12.0. The molecule has 0 aliphatic carbocycles. The summed E-state index contributed by atoms with van der Waals surface area (Å²) in [5.74, 6) is 1.02. The second-order valence-electron chi connectivity index (χ2n) is 4.82. The van der Waals surface area contributed by atoms with Gasteiger partial charge in [-0.1, -0.05) is 58.7 Å². The maximum atomic E-state index is 6.04. The first-order valence-electron chi connectivity index (χ1n) is 7.04. The Bertz CT molecular complexity index is 576. The summed E-state index contributed by atoms with van der Waals surface area (Å²) < 4.78 is 1.18. The molecule has 0 aliphatic heterocycles. The number of halogens is 2. The van der Waals surface area contributed by atoms with E-state index in [9.17, 15) is 0 Å². The van der Waals surface area contributed by atoms with Crippen LogP contribution in [0.25, 0.3) is 0 Å². The second kappa shape index (κ2) is 8.84. The van der Waals surface area contributed by atoms with Gasteiger partial charge in [0.15, 0.2) is 0 Å². The molecular weight excluding hydrogens is 366 g/mol. The van der Waals surface area contributed by atoms with Crippen molar-refractivity contribution in [2.75, 3.05) is 12.3 Å². The highest BCUT2D eigenvalue weighted by atomic mass is 79.9. The molecule has 4 heteroatoms. The van der Waals surface area contributed by atoms with Gasteiger partial charge >= 0.3 is 0 Å². The highest BCUT2D eigenvalue weighted by molar-refractivity contribution is 9.10. The molecule has 1 nitrogen and oxygen atoms in total. The lowest BCUT2D eigenvalue weighted by atomic mass is 10.1. The summed E-state index contributed by atoms with van der Waals surface area (Å²) >= 11 is 11.5. The van der Waals surface area contributed by atoms with Gasteiger partial charge < -0.3 is 5.32 Å². The van der Waals surface area contributed by atoms with Crippen LogP contribution in [0.5, 0.6) is 0 Å². The molecular formula is C17H19BrClNS. The van der Waals surface area contributed by atoms with E-state index in [0.29, 0.717) is 6.04 Å². The fourth-order valence-electron chi connectivity index (χ4n) is 2.16. The Morgan fingerprint density at radius 1 is 1.19 bits per heavy atom. The Hall–Kier alpha value is -0.480. The summed E-state index contributed by atoms with van der Waals surface area (Å²) in [5, 5.41) is 4.37. The quantitative estimate of drug-likeness (QED) is 0.640. The lowest BCUT2D eigenvalue weighted by molar-refractivity contribution is 0.572. The van der Waals surface area contributed by atoms with Crippen LogP contribution >= 0.6 is 39.3 Å².